The van der Waals surface area contributed by atoms with Crippen LogP contribution < -0.4 is 0 Å². The van der Waals surface area contributed by atoms with Crippen molar-refractivity contribution in [2.45, 2.75) is 59.7 Å². The number of hydrogen-bond donors (Lipinski definition) is 0. The molecule has 9 nitrogen and oxygen atoms in total. The van der Waals surface area contributed by atoms with Gasteiger partial charge in [-0.1, -0.05) is 58.4 Å². The summed E-state index contributed by atoms with van der Waals surface area (Å²) >= 11 is 0. The first kappa shape index (κ1) is 29.3. The number of rotatable bonds is 15. The molecule has 0 N–H and O–H groups in total. The monoisotopic (exact) mass is 522 g/mol. The molecule has 0 saturated carbocycles. The van der Waals surface area contributed by atoms with Gasteiger partial charge in [-0.05, 0) is 24.7 Å². The fourth-order valence-corrected chi connectivity index (χ4v) is 4.42. The van der Waals surface area contributed by atoms with Crippen molar-refractivity contribution in [1.82, 2.24) is 0 Å². The van der Waals surface area contributed by atoms with Crippen molar-refractivity contribution in [1.29, 1.82) is 0 Å². The zero-order valence-corrected chi connectivity index (χ0v) is 22.7. The molecule has 0 aromatic rings. The van der Waals surface area contributed by atoms with Crippen LogP contribution in [0, 0.1) is 35.0 Å². The fraction of sp³-hybridized carbons (Fsp3) is 0.750. The molecule has 208 valence electrons. The number of epoxide rings is 2. The van der Waals surface area contributed by atoms with Gasteiger partial charge >= 0.3 is 17.9 Å². The maximum Gasteiger partial charge on any atom is 0.312 e. The second kappa shape index (κ2) is 13.5. The van der Waals surface area contributed by atoms with E-state index in [1.807, 2.05) is 58.9 Å². The molecule has 7 atom stereocenters. The third kappa shape index (κ3) is 8.65. The molecule has 0 aromatic carbocycles. The van der Waals surface area contributed by atoms with E-state index in [2.05, 4.69) is 0 Å². The Hall–Kier alpha value is -2.23. The lowest BCUT2D eigenvalue weighted by molar-refractivity contribution is -0.172. The Morgan fingerprint density at radius 2 is 1.59 bits per heavy atom. The molecule has 0 spiro atoms. The number of esters is 3. The minimum atomic E-state index is -0.768. The van der Waals surface area contributed by atoms with E-state index >= 15 is 0 Å². The first-order valence-corrected chi connectivity index (χ1v) is 13.4. The summed E-state index contributed by atoms with van der Waals surface area (Å²) in [5.74, 6) is -3.70. The number of hydrogen-bond acceptors (Lipinski definition) is 9. The van der Waals surface area contributed by atoms with E-state index in [9.17, 15) is 14.4 Å². The highest BCUT2D eigenvalue weighted by atomic mass is 16.7. The summed E-state index contributed by atoms with van der Waals surface area (Å²) in [6.45, 7) is 11.4. The van der Waals surface area contributed by atoms with E-state index in [-0.39, 0.29) is 44.1 Å². The molecule has 0 amide bonds. The van der Waals surface area contributed by atoms with Gasteiger partial charge in [-0.3, -0.25) is 14.4 Å². The lowest BCUT2D eigenvalue weighted by Gasteiger charge is -2.36. The molecule has 1 aliphatic carbocycles. The molecular weight excluding hydrogens is 480 g/mol. The van der Waals surface area contributed by atoms with E-state index in [1.165, 1.54) is 0 Å². The van der Waals surface area contributed by atoms with Gasteiger partial charge in [-0.15, -0.1) is 0 Å². The van der Waals surface area contributed by atoms with Gasteiger partial charge in [-0.2, -0.15) is 0 Å². The number of carbonyl (C=O) groups is 3. The van der Waals surface area contributed by atoms with E-state index < -0.39 is 41.0 Å². The Morgan fingerprint density at radius 3 is 2.19 bits per heavy atom. The van der Waals surface area contributed by atoms with Crippen molar-refractivity contribution in [2.75, 3.05) is 39.8 Å². The molecule has 2 heterocycles. The predicted molar refractivity (Wildman–Crippen MR) is 134 cm³/mol. The summed E-state index contributed by atoms with van der Waals surface area (Å²) < 4.78 is 31.9. The van der Waals surface area contributed by atoms with E-state index in [4.69, 9.17) is 28.4 Å². The van der Waals surface area contributed by atoms with Gasteiger partial charge in [-0.25, -0.2) is 0 Å². The maximum atomic E-state index is 13.4. The molecule has 9 heteroatoms. The average Bonchev–Trinajstić information content (AvgIpc) is 3.79. The Kier molecular flexibility index (Phi) is 10.7. The molecule has 2 aliphatic heterocycles. The first-order valence-electron chi connectivity index (χ1n) is 13.4. The van der Waals surface area contributed by atoms with Crippen LogP contribution in [0.2, 0.25) is 0 Å². The highest BCUT2D eigenvalue weighted by molar-refractivity contribution is 5.84. The summed E-state index contributed by atoms with van der Waals surface area (Å²) in [5, 5.41) is 0. The molecule has 0 aromatic heterocycles. The molecular formula is C28H42O9. The quantitative estimate of drug-likeness (QED) is 0.0797. The summed E-state index contributed by atoms with van der Waals surface area (Å²) in [4.78, 5) is 39.2. The van der Waals surface area contributed by atoms with E-state index in [0.29, 0.717) is 19.8 Å². The number of allylic oxidation sites excluding steroid dienone is 4. The zero-order valence-electron chi connectivity index (χ0n) is 22.7. The van der Waals surface area contributed by atoms with Gasteiger partial charge in [0.2, 0.25) is 0 Å². The Balaban J connectivity index is 1.80. The molecule has 0 radical (unpaired) electrons. The van der Waals surface area contributed by atoms with Crippen molar-refractivity contribution in [3.8, 4) is 0 Å². The average molecular weight is 523 g/mol. The van der Waals surface area contributed by atoms with E-state index in [1.54, 1.807) is 0 Å². The van der Waals surface area contributed by atoms with Crippen LogP contribution in [0.5, 0.6) is 0 Å². The molecule has 2 saturated heterocycles. The minimum Gasteiger partial charge on any atom is -0.463 e. The normalized spacial score (nSPS) is 29.5. The van der Waals surface area contributed by atoms with Gasteiger partial charge in [0.1, 0.15) is 25.4 Å². The summed E-state index contributed by atoms with van der Waals surface area (Å²) in [6, 6.07) is 0. The standard InChI is InChI=1S/C28H42O9/c1-6-8-19-9-10-20(11-12-28(4,5)18(3)25(29)35-15-21-13-33-21)24(26(30)36-16-22-14-34-22)23(19)27(31)37-17-32-7-2/h9-12,18-24H,6-8,13-17H2,1-5H3/b12-11+. The Labute approximate surface area is 219 Å². The fourth-order valence-electron chi connectivity index (χ4n) is 4.42. The van der Waals surface area contributed by atoms with Crippen LogP contribution in [0.25, 0.3) is 0 Å². The molecule has 2 fully saturated rings. The topological polar surface area (TPSA) is 113 Å². The van der Waals surface area contributed by atoms with Crippen molar-refractivity contribution >= 4 is 17.9 Å². The molecule has 7 unspecified atom stereocenters. The Morgan fingerprint density at radius 1 is 0.973 bits per heavy atom. The number of ether oxygens (including phenoxy) is 6. The molecule has 3 aliphatic rings. The molecule has 37 heavy (non-hydrogen) atoms. The zero-order chi connectivity index (χ0) is 27.0. The van der Waals surface area contributed by atoms with Crippen molar-refractivity contribution in [2.24, 2.45) is 35.0 Å². The van der Waals surface area contributed by atoms with Crippen molar-refractivity contribution in [3.05, 3.63) is 24.3 Å². The Bertz CT molecular complexity index is 841. The smallest absolute Gasteiger partial charge is 0.312 e. The second-order valence-corrected chi connectivity index (χ2v) is 10.6. The van der Waals surface area contributed by atoms with Crippen LogP contribution in [0.4, 0.5) is 0 Å². The van der Waals surface area contributed by atoms with Gasteiger partial charge in [0.25, 0.3) is 0 Å². The van der Waals surface area contributed by atoms with Crippen molar-refractivity contribution in [3.63, 3.8) is 0 Å². The summed E-state index contributed by atoms with van der Waals surface area (Å²) in [6.07, 6.45) is 9.29. The van der Waals surface area contributed by atoms with Gasteiger partial charge in [0, 0.05) is 12.5 Å². The summed E-state index contributed by atoms with van der Waals surface area (Å²) in [5.41, 5.74) is -0.559. The molecule has 3 rings (SSSR count). The summed E-state index contributed by atoms with van der Waals surface area (Å²) in [7, 11) is 0. The van der Waals surface area contributed by atoms with Gasteiger partial charge < -0.3 is 28.4 Å². The first-order chi connectivity index (χ1) is 17.7. The predicted octanol–water partition coefficient (Wildman–Crippen LogP) is 3.46. The van der Waals surface area contributed by atoms with Crippen LogP contribution in [0.3, 0.4) is 0 Å². The van der Waals surface area contributed by atoms with Gasteiger partial charge in [0.15, 0.2) is 6.79 Å². The van der Waals surface area contributed by atoms with Gasteiger partial charge in [0.05, 0.1) is 31.0 Å². The van der Waals surface area contributed by atoms with Crippen LogP contribution in [-0.2, 0) is 42.8 Å². The van der Waals surface area contributed by atoms with Crippen LogP contribution in [-0.4, -0.2) is 69.9 Å². The van der Waals surface area contributed by atoms with Crippen LogP contribution >= 0.6 is 0 Å². The molecule has 0 bridgehead atoms. The highest BCUT2D eigenvalue weighted by Gasteiger charge is 2.46. The second-order valence-electron chi connectivity index (χ2n) is 10.6. The lowest BCUT2D eigenvalue weighted by atomic mass is 9.68. The van der Waals surface area contributed by atoms with Crippen molar-refractivity contribution < 1.29 is 42.8 Å². The lowest BCUT2D eigenvalue weighted by Crippen LogP contribution is -2.43. The number of carbonyl (C=O) groups excluding carboxylic acids is 3. The van der Waals surface area contributed by atoms with Crippen LogP contribution in [0.1, 0.15) is 47.5 Å². The minimum absolute atomic E-state index is 0.00507. The highest BCUT2D eigenvalue weighted by Crippen LogP contribution is 2.40. The SMILES string of the molecule is CCCC1C=CC(/C=C/C(C)(C)C(C)C(=O)OCC2CO2)C(C(=O)OCC2CO2)C1C(=O)OCOCC. The maximum absolute atomic E-state index is 13.4. The van der Waals surface area contributed by atoms with E-state index in [0.717, 1.165) is 12.8 Å². The third-order valence-corrected chi connectivity index (χ3v) is 7.34. The third-order valence-electron chi connectivity index (χ3n) is 7.34. The van der Waals surface area contributed by atoms with Crippen LogP contribution in [0.15, 0.2) is 24.3 Å². The largest absolute Gasteiger partial charge is 0.463 e.